The zero-order valence-corrected chi connectivity index (χ0v) is 12.8. The van der Waals surface area contributed by atoms with Gasteiger partial charge in [-0.25, -0.2) is 0 Å². The first-order chi connectivity index (χ1) is 9.58. The van der Waals surface area contributed by atoms with Crippen molar-refractivity contribution in [3.05, 3.63) is 38.3 Å². The van der Waals surface area contributed by atoms with Gasteiger partial charge in [-0.1, -0.05) is 18.9 Å². The lowest BCUT2D eigenvalue weighted by atomic mass is 10.1. The Morgan fingerprint density at radius 2 is 2.00 bits per heavy atom. The van der Waals surface area contributed by atoms with E-state index >= 15 is 0 Å². The fourth-order valence-electron chi connectivity index (χ4n) is 2.40. The Bertz CT molecular complexity index is 519. The number of hydrogen-bond acceptors (Lipinski definition) is 3. The molecule has 20 heavy (non-hydrogen) atoms. The SMILES string of the molecule is O=C1CCCCCCN1Cc1ccc(Br)c([N+](=O)[O-])c1. The van der Waals surface area contributed by atoms with Crippen LogP contribution in [-0.2, 0) is 11.3 Å². The second kappa shape index (κ2) is 6.83. The van der Waals surface area contributed by atoms with E-state index in [1.165, 1.54) is 6.07 Å². The van der Waals surface area contributed by atoms with Crippen LogP contribution in [0.25, 0.3) is 0 Å². The van der Waals surface area contributed by atoms with Crippen molar-refractivity contribution < 1.29 is 9.72 Å². The number of amides is 1. The van der Waals surface area contributed by atoms with Gasteiger partial charge < -0.3 is 4.90 Å². The maximum absolute atomic E-state index is 12.0. The molecule has 1 saturated heterocycles. The molecule has 6 heteroatoms. The van der Waals surface area contributed by atoms with Crippen molar-refractivity contribution in [2.45, 2.75) is 38.6 Å². The molecule has 108 valence electrons. The summed E-state index contributed by atoms with van der Waals surface area (Å²) in [6, 6.07) is 5.03. The van der Waals surface area contributed by atoms with Gasteiger partial charge in [-0.05, 0) is 40.4 Å². The summed E-state index contributed by atoms with van der Waals surface area (Å²) in [5, 5.41) is 10.9. The second-order valence-electron chi connectivity index (χ2n) is 5.02. The molecular weight excluding hydrogens is 324 g/mol. The number of nitro benzene ring substituents is 1. The van der Waals surface area contributed by atoms with Crippen LogP contribution in [0.5, 0.6) is 0 Å². The molecule has 1 heterocycles. The average molecular weight is 341 g/mol. The van der Waals surface area contributed by atoms with Gasteiger partial charge in [-0.15, -0.1) is 0 Å². The molecule has 1 fully saturated rings. The van der Waals surface area contributed by atoms with Crippen molar-refractivity contribution >= 4 is 27.5 Å². The summed E-state index contributed by atoms with van der Waals surface area (Å²) in [4.78, 5) is 24.4. The van der Waals surface area contributed by atoms with E-state index in [1.54, 1.807) is 6.07 Å². The Morgan fingerprint density at radius 1 is 1.25 bits per heavy atom. The molecule has 5 nitrogen and oxygen atoms in total. The largest absolute Gasteiger partial charge is 0.338 e. The minimum absolute atomic E-state index is 0.0435. The van der Waals surface area contributed by atoms with Gasteiger partial charge in [0.1, 0.15) is 0 Å². The normalized spacial score (nSPS) is 16.6. The van der Waals surface area contributed by atoms with Gasteiger partial charge in [0.2, 0.25) is 5.91 Å². The van der Waals surface area contributed by atoms with Crippen LogP contribution in [-0.4, -0.2) is 22.3 Å². The molecule has 0 unspecified atom stereocenters. The number of hydrogen-bond donors (Lipinski definition) is 0. The molecule has 0 atom stereocenters. The van der Waals surface area contributed by atoms with E-state index in [1.807, 2.05) is 11.0 Å². The van der Waals surface area contributed by atoms with Crippen LogP contribution in [0.15, 0.2) is 22.7 Å². The maximum Gasteiger partial charge on any atom is 0.283 e. The van der Waals surface area contributed by atoms with Crippen molar-refractivity contribution in [1.82, 2.24) is 4.90 Å². The predicted molar refractivity (Wildman–Crippen MR) is 79.3 cm³/mol. The maximum atomic E-state index is 12.0. The van der Waals surface area contributed by atoms with Crippen LogP contribution < -0.4 is 0 Å². The first kappa shape index (κ1) is 15.0. The van der Waals surface area contributed by atoms with Crippen LogP contribution in [0, 0.1) is 10.1 Å². The molecule has 0 aromatic heterocycles. The topological polar surface area (TPSA) is 63.5 Å². The van der Waals surface area contributed by atoms with E-state index < -0.39 is 4.92 Å². The Labute approximate surface area is 126 Å². The summed E-state index contributed by atoms with van der Waals surface area (Å²) < 4.78 is 0.463. The molecule has 1 aliphatic rings. The van der Waals surface area contributed by atoms with Gasteiger partial charge in [0, 0.05) is 25.6 Å². The number of rotatable bonds is 3. The number of halogens is 1. The molecular formula is C14H17BrN2O3. The van der Waals surface area contributed by atoms with Crippen molar-refractivity contribution in [3.8, 4) is 0 Å². The highest BCUT2D eigenvalue weighted by Crippen LogP contribution is 2.26. The minimum Gasteiger partial charge on any atom is -0.338 e. The highest BCUT2D eigenvalue weighted by Gasteiger charge is 2.18. The summed E-state index contributed by atoms with van der Waals surface area (Å²) in [6.45, 7) is 1.19. The smallest absolute Gasteiger partial charge is 0.283 e. The van der Waals surface area contributed by atoms with Crippen molar-refractivity contribution in [2.24, 2.45) is 0 Å². The number of carbonyl (C=O) groups excluding carboxylic acids is 1. The van der Waals surface area contributed by atoms with Crippen LogP contribution in [0.4, 0.5) is 5.69 Å². The van der Waals surface area contributed by atoms with Crippen molar-refractivity contribution in [1.29, 1.82) is 0 Å². The van der Waals surface area contributed by atoms with E-state index in [-0.39, 0.29) is 11.6 Å². The van der Waals surface area contributed by atoms with Crippen molar-refractivity contribution in [3.63, 3.8) is 0 Å². The van der Waals surface area contributed by atoms with E-state index in [4.69, 9.17) is 0 Å². The lowest BCUT2D eigenvalue weighted by molar-refractivity contribution is -0.385. The van der Waals surface area contributed by atoms with Gasteiger partial charge in [0.15, 0.2) is 0 Å². The van der Waals surface area contributed by atoms with Gasteiger partial charge in [-0.2, -0.15) is 0 Å². The zero-order chi connectivity index (χ0) is 14.5. The summed E-state index contributed by atoms with van der Waals surface area (Å²) in [5.74, 6) is 0.148. The summed E-state index contributed by atoms with van der Waals surface area (Å²) >= 11 is 3.17. The highest BCUT2D eigenvalue weighted by molar-refractivity contribution is 9.10. The fourth-order valence-corrected chi connectivity index (χ4v) is 2.79. The third kappa shape index (κ3) is 3.79. The third-order valence-electron chi connectivity index (χ3n) is 3.50. The average Bonchev–Trinajstić information content (AvgIpc) is 2.40. The fraction of sp³-hybridized carbons (Fsp3) is 0.500. The van der Waals surface area contributed by atoms with Crippen LogP contribution in [0.3, 0.4) is 0 Å². The number of likely N-dealkylation sites (tertiary alicyclic amines) is 1. The summed E-state index contributed by atoms with van der Waals surface area (Å²) in [7, 11) is 0. The minimum atomic E-state index is -0.414. The number of nitrogens with zero attached hydrogens (tertiary/aromatic N) is 2. The first-order valence-corrected chi connectivity index (χ1v) is 7.58. The highest BCUT2D eigenvalue weighted by atomic mass is 79.9. The van der Waals surface area contributed by atoms with Crippen LogP contribution in [0.1, 0.15) is 37.7 Å². The Morgan fingerprint density at radius 3 is 2.75 bits per heavy atom. The molecule has 0 spiro atoms. The summed E-state index contributed by atoms with van der Waals surface area (Å²) in [5.41, 5.74) is 0.843. The molecule has 2 rings (SSSR count). The number of benzene rings is 1. The Balaban J connectivity index is 2.13. The van der Waals surface area contributed by atoms with Gasteiger partial charge in [0.25, 0.3) is 5.69 Å². The van der Waals surface area contributed by atoms with E-state index in [2.05, 4.69) is 15.9 Å². The zero-order valence-electron chi connectivity index (χ0n) is 11.2. The monoisotopic (exact) mass is 340 g/mol. The van der Waals surface area contributed by atoms with Crippen LogP contribution in [0.2, 0.25) is 0 Å². The number of carbonyl (C=O) groups is 1. The molecule has 1 aromatic rings. The molecule has 0 radical (unpaired) electrons. The lowest BCUT2D eigenvalue weighted by Crippen LogP contribution is -2.32. The molecule has 0 aliphatic carbocycles. The lowest BCUT2D eigenvalue weighted by Gasteiger charge is -2.24. The quantitative estimate of drug-likeness (QED) is 0.623. The Kier molecular flexibility index (Phi) is 5.11. The molecule has 1 amide bonds. The number of nitro groups is 1. The molecule has 0 N–H and O–H groups in total. The predicted octanol–water partition coefficient (Wildman–Crippen LogP) is 3.65. The second-order valence-corrected chi connectivity index (χ2v) is 5.88. The molecule has 0 bridgehead atoms. The van der Waals surface area contributed by atoms with E-state index in [9.17, 15) is 14.9 Å². The Hall–Kier alpha value is -1.43. The van der Waals surface area contributed by atoms with Crippen LogP contribution >= 0.6 is 15.9 Å². The van der Waals surface area contributed by atoms with Gasteiger partial charge in [0.05, 0.1) is 9.40 Å². The van der Waals surface area contributed by atoms with E-state index in [0.29, 0.717) is 17.4 Å². The third-order valence-corrected chi connectivity index (χ3v) is 4.17. The molecule has 1 aromatic carbocycles. The van der Waals surface area contributed by atoms with E-state index in [0.717, 1.165) is 37.8 Å². The van der Waals surface area contributed by atoms with Crippen molar-refractivity contribution in [2.75, 3.05) is 6.54 Å². The summed E-state index contributed by atoms with van der Waals surface area (Å²) in [6.07, 6.45) is 4.78. The van der Waals surface area contributed by atoms with Gasteiger partial charge >= 0.3 is 0 Å². The molecule has 0 saturated carbocycles. The standard InChI is InChI=1S/C14H17BrN2O3/c15-12-7-6-11(9-13(12)17(19)20)10-16-8-4-2-1-3-5-14(16)18/h6-7,9H,1-5,8,10H2. The molecule has 1 aliphatic heterocycles. The first-order valence-electron chi connectivity index (χ1n) is 6.78. The van der Waals surface area contributed by atoms with Gasteiger partial charge in [-0.3, -0.25) is 14.9 Å².